The molecule has 1 aromatic rings. The van der Waals surface area contributed by atoms with Crippen molar-refractivity contribution in [1.29, 1.82) is 0 Å². The molecule has 2 rings (SSSR count). The maximum Gasteiger partial charge on any atom is 0.320 e. The zero-order valence-electron chi connectivity index (χ0n) is 12.7. The maximum atomic E-state index is 12.0. The summed E-state index contributed by atoms with van der Waals surface area (Å²) in [6.45, 7) is 4.07. The number of hydrogen-bond donors (Lipinski definition) is 0. The van der Waals surface area contributed by atoms with Gasteiger partial charge in [-0.05, 0) is 26.0 Å². The van der Waals surface area contributed by atoms with E-state index in [2.05, 4.69) is 0 Å². The topological polar surface area (TPSA) is 71.1 Å². The van der Waals surface area contributed by atoms with Gasteiger partial charge < -0.3 is 18.9 Å². The third-order valence-electron chi connectivity index (χ3n) is 3.21. The molecular formula is C16H20O6. The molecule has 6 nitrogen and oxygen atoms in total. The summed E-state index contributed by atoms with van der Waals surface area (Å²) in [6, 6.07) is 7.27. The van der Waals surface area contributed by atoms with E-state index in [0.29, 0.717) is 11.5 Å². The van der Waals surface area contributed by atoms with Crippen LogP contribution in [0, 0.1) is 5.92 Å². The average molecular weight is 308 g/mol. The molecule has 0 fully saturated rings. The molecule has 0 spiro atoms. The molecule has 1 aromatic carbocycles. The molecule has 0 N–H and O–H groups in total. The van der Waals surface area contributed by atoms with Crippen LogP contribution >= 0.6 is 0 Å². The van der Waals surface area contributed by atoms with Crippen molar-refractivity contribution in [2.45, 2.75) is 26.4 Å². The van der Waals surface area contributed by atoms with E-state index in [1.165, 1.54) is 0 Å². The first kappa shape index (κ1) is 16.1. The van der Waals surface area contributed by atoms with Gasteiger partial charge in [0.05, 0.1) is 13.2 Å². The van der Waals surface area contributed by atoms with Crippen molar-refractivity contribution in [3.05, 3.63) is 24.3 Å². The van der Waals surface area contributed by atoms with Crippen LogP contribution in [-0.4, -0.2) is 37.9 Å². The highest BCUT2D eigenvalue weighted by Gasteiger charge is 2.34. The highest BCUT2D eigenvalue weighted by molar-refractivity contribution is 5.94. The van der Waals surface area contributed by atoms with Crippen LogP contribution in [0.5, 0.6) is 11.5 Å². The number of para-hydroxylation sites is 2. The first-order chi connectivity index (χ1) is 10.7. The van der Waals surface area contributed by atoms with Gasteiger partial charge in [-0.15, -0.1) is 0 Å². The monoisotopic (exact) mass is 308 g/mol. The van der Waals surface area contributed by atoms with Gasteiger partial charge in [0, 0.05) is 6.42 Å². The molecule has 1 aliphatic rings. The van der Waals surface area contributed by atoms with E-state index in [1.54, 1.807) is 26.0 Å². The Morgan fingerprint density at radius 1 is 1.14 bits per heavy atom. The standard InChI is InChI=1S/C16H20O6/c1-3-19-15(17)12(16(18)20-4-2)9-11-10-21-13-7-5-6-8-14(13)22-11/h5-8,11-12H,3-4,9-10H2,1-2H3/t11-/m1/s1. The molecule has 1 atom stereocenters. The van der Waals surface area contributed by atoms with E-state index in [1.807, 2.05) is 12.1 Å². The smallest absolute Gasteiger partial charge is 0.320 e. The van der Waals surface area contributed by atoms with Gasteiger partial charge >= 0.3 is 11.9 Å². The van der Waals surface area contributed by atoms with Crippen LogP contribution in [0.25, 0.3) is 0 Å². The van der Waals surface area contributed by atoms with E-state index in [0.717, 1.165) is 0 Å². The highest BCUT2D eigenvalue weighted by atomic mass is 16.6. The number of carbonyl (C=O) groups is 2. The van der Waals surface area contributed by atoms with Gasteiger partial charge in [-0.3, -0.25) is 9.59 Å². The summed E-state index contributed by atoms with van der Waals surface area (Å²) in [5, 5.41) is 0. The van der Waals surface area contributed by atoms with Gasteiger partial charge in [-0.1, -0.05) is 12.1 Å². The zero-order chi connectivity index (χ0) is 15.9. The largest absolute Gasteiger partial charge is 0.486 e. The number of rotatable bonds is 6. The third kappa shape index (κ3) is 3.90. The molecule has 0 bridgehead atoms. The minimum absolute atomic E-state index is 0.159. The van der Waals surface area contributed by atoms with E-state index in [-0.39, 0.29) is 26.2 Å². The predicted octanol–water partition coefficient (Wildman–Crippen LogP) is 1.96. The molecule has 120 valence electrons. The van der Waals surface area contributed by atoms with Gasteiger partial charge in [-0.2, -0.15) is 0 Å². The van der Waals surface area contributed by atoms with E-state index in [9.17, 15) is 9.59 Å². The summed E-state index contributed by atoms with van der Waals surface area (Å²) in [6.07, 6.45) is -0.250. The Labute approximate surface area is 129 Å². The number of hydrogen-bond acceptors (Lipinski definition) is 6. The SMILES string of the molecule is CCOC(=O)C(C[C@@H]1COc2ccccc2O1)C(=O)OCC. The number of esters is 2. The fourth-order valence-corrected chi connectivity index (χ4v) is 2.22. The molecule has 0 saturated carbocycles. The molecule has 22 heavy (non-hydrogen) atoms. The second kappa shape index (κ2) is 7.68. The maximum absolute atomic E-state index is 12.0. The number of carbonyl (C=O) groups excluding carboxylic acids is 2. The van der Waals surface area contributed by atoms with Crippen LogP contribution in [0.1, 0.15) is 20.3 Å². The van der Waals surface area contributed by atoms with E-state index in [4.69, 9.17) is 18.9 Å². The van der Waals surface area contributed by atoms with Crippen molar-refractivity contribution in [3.63, 3.8) is 0 Å². The first-order valence-electron chi connectivity index (χ1n) is 7.37. The Bertz CT molecular complexity index is 509. The lowest BCUT2D eigenvalue weighted by Crippen LogP contribution is -2.37. The molecule has 1 heterocycles. The van der Waals surface area contributed by atoms with Crippen LogP contribution in [0.4, 0.5) is 0 Å². The van der Waals surface area contributed by atoms with Crippen LogP contribution in [0.15, 0.2) is 24.3 Å². The molecule has 0 aliphatic carbocycles. The van der Waals surface area contributed by atoms with Gasteiger partial charge in [0.15, 0.2) is 17.4 Å². The van der Waals surface area contributed by atoms with Crippen molar-refractivity contribution in [3.8, 4) is 11.5 Å². The third-order valence-corrected chi connectivity index (χ3v) is 3.21. The Morgan fingerprint density at radius 3 is 2.32 bits per heavy atom. The van der Waals surface area contributed by atoms with Gasteiger partial charge in [0.2, 0.25) is 0 Å². The van der Waals surface area contributed by atoms with Gasteiger partial charge in [0.25, 0.3) is 0 Å². The summed E-state index contributed by atoms with van der Waals surface area (Å²) in [5.74, 6) is -0.932. The fraction of sp³-hybridized carbons (Fsp3) is 0.500. The zero-order valence-corrected chi connectivity index (χ0v) is 12.7. The molecule has 0 unspecified atom stereocenters. The van der Waals surface area contributed by atoms with Crippen molar-refractivity contribution < 1.29 is 28.5 Å². The molecule has 0 amide bonds. The highest BCUT2D eigenvalue weighted by Crippen LogP contribution is 2.32. The summed E-state index contributed by atoms with van der Waals surface area (Å²) in [4.78, 5) is 23.9. The number of ether oxygens (including phenoxy) is 4. The Morgan fingerprint density at radius 2 is 1.73 bits per heavy atom. The summed E-state index contributed by atoms with van der Waals surface area (Å²) >= 11 is 0. The molecule has 0 aromatic heterocycles. The summed E-state index contributed by atoms with van der Waals surface area (Å²) in [5.41, 5.74) is 0. The van der Waals surface area contributed by atoms with Crippen molar-refractivity contribution in [1.82, 2.24) is 0 Å². The number of fused-ring (bicyclic) bond motifs is 1. The number of benzene rings is 1. The second-order valence-electron chi connectivity index (χ2n) is 4.79. The summed E-state index contributed by atoms with van der Waals surface area (Å²) < 4.78 is 21.3. The van der Waals surface area contributed by atoms with Crippen molar-refractivity contribution >= 4 is 11.9 Å². The van der Waals surface area contributed by atoms with Gasteiger partial charge in [-0.25, -0.2) is 0 Å². The normalized spacial score (nSPS) is 16.2. The Balaban J connectivity index is 2.04. The van der Waals surface area contributed by atoms with Crippen molar-refractivity contribution in [2.75, 3.05) is 19.8 Å². The van der Waals surface area contributed by atoms with E-state index >= 15 is 0 Å². The second-order valence-corrected chi connectivity index (χ2v) is 4.79. The molecule has 0 saturated heterocycles. The molecular weight excluding hydrogens is 288 g/mol. The van der Waals surface area contributed by atoms with Crippen LogP contribution in [0.2, 0.25) is 0 Å². The molecule has 0 radical (unpaired) electrons. The quantitative estimate of drug-likeness (QED) is 0.591. The predicted molar refractivity (Wildman–Crippen MR) is 77.7 cm³/mol. The minimum Gasteiger partial charge on any atom is -0.486 e. The fourth-order valence-electron chi connectivity index (χ4n) is 2.22. The van der Waals surface area contributed by atoms with Crippen LogP contribution < -0.4 is 9.47 Å². The molecule has 6 heteroatoms. The lowest BCUT2D eigenvalue weighted by Gasteiger charge is -2.28. The Hall–Kier alpha value is -2.24. The summed E-state index contributed by atoms with van der Waals surface area (Å²) in [7, 11) is 0. The van der Waals surface area contributed by atoms with Crippen molar-refractivity contribution in [2.24, 2.45) is 5.92 Å². The molecule has 1 aliphatic heterocycles. The lowest BCUT2D eigenvalue weighted by molar-refractivity contribution is -0.163. The minimum atomic E-state index is -1.00. The Kier molecular flexibility index (Phi) is 5.63. The first-order valence-corrected chi connectivity index (χ1v) is 7.37. The van der Waals surface area contributed by atoms with E-state index < -0.39 is 24.0 Å². The average Bonchev–Trinajstić information content (AvgIpc) is 2.52. The van der Waals surface area contributed by atoms with Crippen LogP contribution in [0.3, 0.4) is 0 Å². The van der Waals surface area contributed by atoms with Crippen LogP contribution in [-0.2, 0) is 19.1 Å². The van der Waals surface area contributed by atoms with Gasteiger partial charge in [0.1, 0.15) is 12.7 Å². The lowest BCUT2D eigenvalue weighted by atomic mass is 10.0.